The molecule has 0 bridgehead atoms. The Morgan fingerprint density at radius 2 is 1.76 bits per heavy atom. The van der Waals surface area contributed by atoms with Gasteiger partial charge in [0.25, 0.3) is 0 Å². The topological polar surface area (TPSA) is 9.23 Å². The maximum absolute atomic E-state index is 6.16. The quantitative estimate of drug-likeness (QED) is 0.705. The summed E-state index contributed by atoms with van der Waals surface area (Å²) in [5.74, 6) is 0.829. The largest absolute Gasteiger partial charge is 0.483 e. The number of rotatable bonds is 3. The molecule has 0 aromatic heterocycles. The van der Waals surface area contributed by atoms with Gasteiger partial charge in [0, 0.05) is 15.8 Å². The molecule has 0 aliphatic carbocycles. The van der Waals surface area contributed by atoms with E-state index in [4.69, 9.17) is 16.3 Å². The Labute approximate surface area is 107 Å². The van der Waals surface area contributed by atoms with E-state index >= 15 is 0 Å². The van der Waals surface area contributed by atoms with Crippen molar-refractivity contribution in [1.29, 1.82) is 0 Å². The fourth-order valence-electron chi connectivity index (χ4n) is 1.65. The molecule has 0 heterocycles. The minimum atomic E-state index is -0.392. The van der Waals surface area contributed by atoms with E-state index in [0.717, 1.165) is 21.5 Å². The number of fused-ring (bicyclic) bond motifs is 1. The van der Waals surface area contributed by atoms with Gasteiger partial charge in [-0.3, -0.25) is 0 Å². The van der Waals surface area contributed by atoms with Crippen LogP contribution in [0.5, 0.6) is 5.75 Å². The highest BCUT2D eigenvalue weighted by Crippen LogP contribution is 2.33. The van der Waals surface area contributed by atoms with Gasteiger partial charge in [0.2, 0.25) is 0 Å². The van der Waals surface area contributed by atoms with E-state index in [1.165, 1.54) is 0 Å². The van der Waals surface area contributed by atoms with Crippen molar-refractivity contribution in [3.8, 4) is 5.75 Å². The Hall–Kier alpha value is -1.47. The molecule has 0 fully saturated rings. The number of halogens is 1. The van der Waals surface area contributed by atoms with Gasteiger partial charge in [0.15, 0.2) is 0 Å². The molecule has 2 heteroatoms. The molecule has 0 amide bonds. The Morgan fingerprint density at radius 1 is 1.12 bits per heavy atom. The lowest BCUT2D eigenvalue weighted by molar-refractivity contribution is 0.165. The van der Waals surface area contributed by atoms with E-state index in [0.29, 0.717) is 0 Å². The van der Waals surface area contributed by atoms with Crippen molar-refractivity contribution in [2.45, 2.75) is 19.4 Å². The molecule has 0 saturated carbocycles. The Morgan fingerprint density at radius 3 is 2.41 bits per heavy atom. The number of benzene rings is 2. The van der Waals surface area contributed by atoms with Crippen molar-refractivity contribution >= 4 is 22.4 Å². The fourth-order valence-corrected chi connectivity index (χ4v) is 1.88. The van der Waals surface area contributed by atoms with Gasteiger partial charge in [-0.1, -0.05) is 42.4 Å². The van der Waals surface area contributed by atoms with Gasteiger partial charge < -0.3 is 4.74 Å². The standard InChI is InChI=1S/C15H15ClO/c1-4-15(2,3)17-14-10-9-13(16)11-7-5-6-8-12(11)14/h4-10H,1H2,2-3H3. The third kappa shape index (κ3) is 2.45. The first kappa shape index (κ1) is 12.0. The highest BCUT2D eigenvalue weighted by molar-refractivity contribution is 6.35. The summed E-state index contributed by atoms with van der Waals surface area (Å²) in [6, 6.07) is 11.7. The molecule has 0 spiro atoms. The van der Waals surface area contributed by atoms with Crippen molar-refractivity contribution in [2.75, 3.05) is 0 Å². The van der Waals surface area contributed by atoms with Crippen molar-refractivity contribution in [2.24, 2.45) is 0 Å². The molecule has 17 heavy (non-hydrogen) atoms. The summed E-state index contributed by atoms with van der Waals surface area (Å²) in [6.45, 7) is 7.73. The van der Waals surface area contributed by atoms with E-state index in [-0.39, 0.29) is 0 Å². The van der Waals surface area contributed by atoms with Gasteiger partial charge in [-0.2, -0.15) is 0 Å². The molecule has 2 aromatic carbocycles. The minimum absolute atomic E-state index is 0.392. The normalized spacial score (nSPS) is 11.5. The van der Waals surface area contributed by atoms with Crippen LogP contribution in [-0.2, 0) is 0 Å². The number of hydrogen-bond acceptors (Lipinski definition) is 1. The summed E-state index contributed by atoms with van der Waals surface area (Å²) in [4.78, 5) is 0. The molecular weight excluding hydrogens is 232 g/mol. The highest BCUT2D eigenvalue weighted by atomic mass is 35.5. The zero-order chi connectivity index (χ0) is 12.5. The first-order valence-electron chi connectivity index (χ1n) is 5.53. The minimum Gasteiger partial charge on any atom is -0.483 e. The SMILES string of the molecule is C=CC(C)(C)Oc1ccc(Cl)c2ccccc12. The smallest absolute Gasteiger partial charge is 0.128 e. The highest BCUT2D eigenvalue weighted by Gasteiger charge is 2.16. The van der Waals surface area contributed by atoms with Gasteiger partial charge in [-0.05, 0) is 32.1 Å². The third-order valence-corrected chi connectivity index (χ3v) is 3.03. The van der Waals surface area contributed by atoms with Crippen LogP contribution in [0.1, 0.15) is 13.8 Å². The van der Waals surface area contributed by atoms with Crippen LogP contribution in [0.2, 0.25) is 5.02 Å². The van der Waals surface area contributed by atoms with Crippen LogP contribution in [0, 0.1) is 0 Å². The monoisotopic (exact) mass is 246 g/mol. The van der Waals surface area contributed by atoms with Crippen LogP contribution < -0.4 is 4.74 Å². The molecule has 2 aromatic rings. The molecule has 0 unspecified atom stereocenters. The molecule has 0 atom stereocenters. The summed E-state index contributed by atoms with van der Waals surface area (Å²) >= 11 is 6.16. The van der Waals surface area contributed by atoms with Crippen LogP contribution in [0.3, 0.4) is 0 Å². The summed E-state index contributed by atoms with van der Waals surface area (Å²) in [6.07, 6.45) is 1.79. The Balaban J connectivity index is 2.56. The third-order valence-electron chi connectivity index (χ3n) is 2.70. The van der Waals surface area contributed by atoms with Crippen LogP contribution in [-0.4, -0.2) is 5.60 Å². The summed E-state index contributed by atoms with van der Waals surface area (Å²) < 4.78 is 5.94. The first-order chi connectivity index (χ1) is 8.03. The number of ether oxygens (including phenoxy) is 1. The predicted octanol–water partition coefficient (Wildman–Crippen LogP) is 4.84. The molecule has 1 nitrogen and oxygen atoms in total. The van der Waals surface area contributed by atoms with Crippen LogP contribution in [0.25, 0.3) is 10.8 Å². The van der Waals surface area contributed by atoms with Gasteiger partial charge in [0.1, 0.15) is 11.4 Å². The van der Waals surface area contributed by atoms with Crippen LogP contribution in [0.4, 0.5) is 0 Å². The molecular formula is C15H15ClO. The maximum atomic E-state index is 6.16. The molecule has 2 rings (SSSR count). The van der Waals surface area contributed by atoms with Crippen molar-refractivity contribution in [1.82, 2.24) is 0 Å². The van der Waals surface area contributed by atoms with Crippen molar-refractivity contribution < 1.29 is 4.74 Å². The van der Waals surface area contributed by atoms with E-state index in [1.54, 1.807) is 6.08 Å². The molecule has 0 saturated heterocycles. The first-order valence-corrected chi connectivity index (χ1v) is 5.91. The Kier molecular flexibility index (Phi) is 3.12. The van der Waals surface area contributed by atoms with Crippen molar-refractivity contribution in [3.05, 3.63) is 54.1 Å². The Bertz CT molecular complexity index is 558. The van der Waals surface area contributed by atoms with Crippen molar-refractivity contribution in [3.63, 3.8) is 0 Å². The second-order valence-corrected chi connectivity index (χ2v) is 4.91. The fraction of sp³-hybridized carbons (Fsp3) is 0.200. The zero-order valence-corrected chi connectivity index (χ0v) is 10.8. The lowest BCUT2D eigenvalue weighted by atomic mass is 10.1. The number of hydrogen-bond donors (Lipinski definition) is 0. The van der Waals surface area contributed by atoms with Gasteiger partial charge in [-0.15, -0.1) is 0 Å². The predicted molar refractivity (Wildman–Crippen MR) is 73.9 cm³/mol. The van der Waals surface area contributed by atoms with Crippen LogP contribution >= 0.6 is 11.6 Å². The molecule has 88 valence electrons. The molecule has 0 radical (unpaired) electrons. The van der Waals surface area contributed by atoms with E-state index in [9.17, 15) is 0 Å². The molecule has 0 N–H and O–H groups in total. The van der Waals surface area contributed by atoms with E-state index in [1.807, 2.05) is 50.2 Å². The van der Waals surface area contributed by atoms with E-state index in [2.05, 4.69) is 6.58 Å². The summed E-state index contributed by atoms with van der Waals surface area (Å²) in [7, 11) is 0. The maximum Gasteiger partial charge on any atom is 0.128 e. The molecule has 0 aliphatic heterocycles. The van der Waals surface area contributed by atoms with E-state index < -0.39 is 5.60 Å². The zero-order valence-electron chi connectivity index (χ0n) is 10.0. The van der Waals surface area contributed by atoms with Gasteiger partial charge in [-0.25, -0.2) is 0 Å². The second-order valence-electron chi connectivity index (χ2n) is 4.50. The summed E-state index contributed by atoms with van der Waals surface area (Å²) in [5, 5.41) is 2.77. The lowest BCUT2D eigenvalue weighted by Gasteiger charge is -2.23. The molecule has 0 aliphatic rings. The summed E-state index contributed by atoms with van der Waals surface area (Å²) in [5.41, 5.74) is -0.392. The average Bonchev–Trinajstić information content (AvgIpc) is 2.33. The van der Waals surface area contributed by atoms with Gasteiger partial charge in [0.05, 0.1) is 0 Å². The van der Waals surface area contributed by atoms with Crippen LogP contribution in [0.15, 0.2) is 49.1 Å². The average molecular weight is 247 g/mol. The van der Waals surface area contributed by atoms with Gasteiger partial charge >= 0.3 is 0 Å². The lowest BCUT2D eigenvalue weighted by Crippen LogP contribution is -2.24. The second kappa shape index (κ2) is 4.42.